The van der Waals surface area contributed by atoms with Gasteiger partial charge in [0.15, 0.2) is 0 Å². The van der Waals surface area contributed by atoms with Crippen LogP contribution in [0.5, 0.6) is 0 Å². The summed E-state index contributed by atoms with van der Waals surface area (Å²) >= 11 is 0. The highest BCUT2D eigenvalue weighted by Gasteiger charge is 2.55. The molecule has 0 aromatic carbocycles. The van der Waals surface area contributed by atoms with Crippen LogP contribution in [0.1, 0.15) is 40.0 Å². The Morgan fingerprint density at radius 1 is 1.42 bits per heavy atom. The van der Waals surface area contributed by atoms with Gasteiger partial charge >= 0.3 is 0 Å². The SMILES string of the molecule is CC1(C)[C@@H]2CC[C@@]1(C)NC(=O)C2. The summed E-state index contributed by atoms with van der Waals surface area (Å²) in [4.78, 5) is 11.3. The van der Waals surface area contributed by atoms with Crippen LogP contribution in [0, 0.1) is 11.3 Å². The third kappa shape index (κ3) is 0.782. The van der Waals surface area contributed by atoms with Crippen LogP contribution in [0.15, 0.2) is 0 Å². The van der Waals surface area contributed by atoms with E-state index in [0.29, 0.717) is 11.3 Å². The predicted molar refractivity (Wildman–Crippen MR) is 47.7 cm³/mol. The number of amides is 1. The summed E-state index contributed by atoms with van der Waals surface area (Å²) in [6.07, 6.45) is 3.10. The molecule has 2 fully saturated rings. The number of carbonyl (C=O) groups excluding carboxylic acids is 1. The molecule has 1 saturated carbocycles. The number of nitrogens with one attached hydrogen (secondary N) is 1. The Kier molecular flexibility index (Phi) is 1.37. The summed E-state index contributed by atoms with van der Waals surface area (Å²) in [6.45, 7) is 6.75. The van der Waals surface area contributed by atoms with Crippen molar-refractivity contribution < 1.29 is 4.79 Å². The maximum atomic E-state index is 11.3. The third-order valence-corrected chi connectivity index (χ3v) is 4.28. The van der Waals surface area contributed by atoms with Gasteiger partial charge in [-0.25, -0.2) is 0 Å². The van der Waals surface area contributed by atoms with E-state index < -0.39 is 0 Å². The molecule has 1 N–H and O–H groups in total. The van der Waals surface area contributed by atoms with E-state index in [1.54, 1.807) is 0 Å². The molecule has 0 spiro atoms. The smallest absolute Gasteiger partial charge is 0.220 e. The van der Waals surface area contributed by atoms with Crippen molar-refractivity contribution in [3.63, 3.8) is 0 Å². The van der Waals surface area contributed by atoms with Gasteiger partial charge < -0.3 is 5.32 Å². The Morgan fingerprint density at radius 2 is 2.08 bits per heavy atom. The average molecular weight is 167 g/mol. The topological polar surface area (TPSA) is 29.1 Å². The summed E-state index contributed by atoms with van der Waals surface area (Å²) in [5.74, 6) is 0.857. The molecule has 0 radical (unpaired) electrons. The Balaban J connectivity index is 2.37. The zero-order chi connectivity index (χ0) is 8.98. The maximum Gasteiger partial charge on any atom is 0.220 e. The minimum Gasteiger partial charge on any atom is -0.350 e. The van der Waals surface area contributed by atoms with E-state index >= 15 is 0 Å². The van der Waals surface area contributed by atoms with Gasteiger partial charge in [0, 0.05) is 12.0 Å². The second kappa shape index (κ2) is 2.04. The first-order valence-electron chi connectivity index (χ1n) is 4.77. The fourth-order valence-corrected chi connectivity index (χ4v) is 2.76. The minimum absolute atomic E-state index is 0.0625. The van der Waals surface area contributed by atoms with E-state index in [1.807, 2.05) is 0 Å². The Labute approximate surface area is 73.7 Å². The van der Waals surface area contributed by atoms with Crippen molar-refractivity contribution >= 4 is 5.91 Å². The van der Waals surface area contributed by atoms with Crippen molar-refractivity contribution in [3.8, 4) is 0 Å². The molecule has 1 amide bonds. The zero-order valence-electron chi connectivity index (χ0n) is 8.11. The number of piperidine rings is 1. The lowest BCUT2D eigenvalue weighted by molar-refractivity contribution is -0.129. The normalized spacial score (nSPS) is 44.2. The van der Waals surface area contributed by atoms with Crippen molar-refractivity contribution in [1.82, 2.24) is 5.32 Å². The molecule has 68 valence electrons. The Morgan fingerprint density at radius 3 is 2.67 bits per heavy atom. The van der Waals surface area contributed by atoms with Crippen molar-refractivity contribution in [1.29, 1.82) is 0 Å². The van der Waals surface area contributed by atoms with Crippen LogP contribution in [-0.4, -0.2) is 11.4 Å². The second-order valence-electron chi connectivity index (χ2n) is 5.04. The molecule has 2 nitrogen and oxygen atoms in total. The van der Waals surface area contributed by atoms with Crippen LogP contribution in [0.25, 0.3) is 0 Å². The van der Waals surface area contributed by atoms with Crippen LogP contribution >= 0.6 is 0 Å². The molecule has 12 heavy (non-hydrogen) atoms. The third-order valence-electron chi connectivity index (χ3n) is 4.28. The standard InChI is InChI=1S/C10H17NO/c1-9(2)7-4-5-10(9,3)11-8(12)6-7/h7H,4-6H2,1-3H3,(H,11,12)/t7-,10-/m1/s1. The zero-order valence-corrected chi connectivity index (χ0v) is 8.11. The van der Waals surface area contributed by atoms with Gasteiger partial charge in [0.1, 0.15) is 0 Å². The first-order valence-corrected chi connectivity index (χ1v) is 4.77. The largest absolute Gasteiger partial charge is 0.350 e. The lowest BCUT2D eigenvalue weighted by Gasteiger charge is -2.46. The van der Waals surface area contributed by atoms with E-state index in [1.165, 1.54) is 6.42 Å². The monoisotopic (exact) mass is 167 g/mol. The highest BCUT2D eigenvalue weighted by Crippen LogP contribution is 2.53. The molecular weight excluding hydrogens is 150 g/mol. The highest BCUT2D eigenvalue weighted by atomic mass is 16.1. The van der Waals surface area contributed by atoms with E-state index in [2.05, 4.69) is 26.1 Å². The quantitative estimate of drug-likeness (QED) is 0.584. The second-order valence-corrected chi connectivity index (χ2v) is 5.04. The van der Waals surface area contributed by atoms with E-state index in [9.17, 15) is 4.79 Å². The molecule has 0 unspecified atom stereocenters. The van der Waals surface area contributed by atoms with Crippen LogP contribution in [0.4, 0.5) is 0 Å². The average Bonchev–Trinajstić information content (AvgIpc) is 2.16. The fraction of sp³-hybridized carbons (Fsp3) is 0.900. The van der Waals surface area contributed by atoms with Crippen LogP contribution < -0.4 is 5.32 Å². The fourth-order valence-electron chi connectivity index (χ4n) is 2.76. The molecule has 2 bridgehead atoms. The number of fused-ring (bicyclic) bond motifs is 2. The van der Waals surface area contributed by atoms with Crippen molar-refractivity contribution in [2.24, 2.45) is 11.3 Å². The van der Waals surface area contributed by atoms with Crippen LogP contribution in [0.2, 0.25) is 0 Å². The maximum absolute atomic E-state index is 11.3. The lowest BCUT2D eigenvalue weighted by Crippen LogP contribution is -2.58. The molecule has 2 aliphatic rings. The van der Waals surface area contributed by atoms with Crippen molar-refractivity contribution in [3.05, 3.63) is 0 Å². The Bertz CT molecular complexity index is 234. The summed E-state index contributed by atoms with van der Waals surface area (Å²) in [7, 11) is 0. The van der Waals surface area contributed by atoms with Gasteiger partial charge in [-0.15, -0.1) is 0 Å². The van der Waals surface area contributed by atoms with Crippen molar-refractivity contribution in [2.75, 3.05) is 0 Å². The van der Waals surface area contributed by atoms with Gasteiger partial charge in [-0.1, -0.05) is 13.8 Å². The molecule has 0 aromatic heterocycles. The number of carbonyl (C=O) groups is 1. The predicted octanol–water partition coefficient (Wildman–Crippen LogP) is 1.70. The van der Waals surface area contributed by atoms with E-state index in [4.69, 9.17) is 0 Å². The summed E-state index contributed by atoms with van der Waals surface area (Å²) in [5, 5.41) is 3.14. The minimum atomic E-state index is 0.0625. The number of hydrogen-bond acceptors (Lipinski definition) is 1. The molecule has 2 rings (SSSR count). The van der Waals surface area contributed by atoms with Crippen molar-refractivity contribution in [2.45, 2.75) is 45.6 Å². The lowest BCUT2D eigenvalue weighted by atomic mass is 9.68. The van der Waals surface area contributed by atoms with E-state index in [0.717, 1.165) is 12.8 Å². The number of hydrogen-bond donors (Lipinski definition) is 1. The molecule has 2 atom stereocenters. The molecular formula is C10H17NO. The van der Waals surface area contributed by atoms with Crippen LogP contribution in [0.3, 0.4) is 0 Å². The first-order chi connectivity index (χ1) is 5.46. The summed E-state index contributed by atoms with van der Waals surface area (Å²) in [5.41, 5.74) is 0.355. The molecule has 1 saturated heterocycles. The molecule has 0 aromatic rings. The van der Waals surface area contributed by atoms with Gasteiger partial charge in [-0.05, 0) is 31.1 Å². The van der Waals surface area contributed by atoms with Gasteiger partial charge in [-0.2, -0.15) is 0 Å². The molecule has 1 aliphatic carbocycles. The van der Waals surface area contributed by atoms with Gasteiger partial charge in [0.2, 0.25) is 5.91 Å². The first kappa shape index (κ1) is 8.09. The highest BCUT2D eigenvalue weighted by molar-refractivity contribution is 5.79. The van der Waals surface area contributed by atoms with Gasteiger partial charge in [0.25, 0.3) is 0 Å². The summed E-state index contributed by atoms with van der Waals surface area (Å²) in [6, 6.07) is 0. The summed E-state index contributed by atoms with van der Waals surface area (Å²) < 4.78 is 0. The number of rotatable bonds is 0. The Hall–Kier alpha value is -0.530. The van der Waals surface area contributed by atoms with E-state index in [-0.39, 0.29) is 11.4 Å². The molecule has 1 heterocycles. The van der Waals surface area contributed by atoms with Gasteiger partial charge in [-0.3, -0.25) is 4.79 Å². The van der Waals surface area contributed by atoms with Gasteiger partial charge in [0.05, 0.1) is 0 Å². The molecule has 1 aliphatic heterocycles. The molecule has 2 heteroatoms. The van der Waals surface area contributed by atoms with Crippen LogP contribution in [-0.2, 0) is 4.79 Å².